The second kappa shape index (κ2) is 5.70. The molecule has 0 saturated heterocycles. The average molecular weight is 308 g/mol. The SMILES string of the molecule is O=C1CCC2=C(CCN[C@@H]2Cc2cc(O)c(O)cc2Cl)C1. The molecular weight excluding hydrogens is 290 g/mol. The van der Waals surface area contributed by atoms with Gasteiger partial charge in [0.2, 0.25) is 0 Å². The molecule has 0 saturated carbocycles. The molecule has 1 atom stereocenters. The van der Waals surface area contributed by atoms with Gasteiger partial charge in [-0.3, -0.25) is 4.79 Å². The largest absolute Gasteiger partial charge is 0.504 e. The highest BCUT2D eigenvalue weighted by Crippen LogP contribution is 2.35. The summed E-state index contributed by atoms with van der Waals surface area (Å²) in [4.78, 5) is 11.6. The smallest absolute Gasteiger partial charge is 0.158 e. The van der Waals surface area contributed by atoms with E-state index >= 15 is 0 Å². The number of phenols is 2. The highest BCUT2D eigenvalue weighted by molar-refractivity contribution is 6.31. The first-order valence-electron chi connectivity index (χ1n) is 7.21. The van der Waals surface area contributed by atoms with E-state index in [0.29, 0.717) is 30.1 Å². The Bertz CT molecular complexity index is 624. The van der Waals surface area contributed by atoms with E-state index in [1.54, 1.807) is 0 Å². The summed E-state index contributed by atoms with van der Waals surface area (Å²) in [5.41, 5.74) is 3.40. The zero-order chi connectivity index (χ0) is 15.0. The molecule has 3 rings (SSSR count). The van der Waals surface area contributed by atoms with E-state index in [1.165, 1.54) is 23.3 Å². The minimum absolute atomic E-state index is 0.154. The quantitative estimate of drug-likeness (QED) is 0.580. The Hall–Kier alpha value is -1.52. The Labute approximate surface area is 128 Å². The van der Waals surface area contributed by atoms with E-state index in [0.717, 1.165) is 24.9 Å². The van der Waals surface area contributed by atoms with Gasteiger partial charge in [-0.05, 0) is 37.4 Å². The van der Waals surface area contributed by atoms with Crippen LogP contribution in [-0.2, 0) is 11.2 Å². The van der Waals surface area contributed by atoms with Crippen LogP contribution in [0.1, 0.15) is 31.2 Å². The van der Waals surface area contributed by atoms with Crippen molar-refractivity contribution in [2.75, 3.05) is 6.54 Å². The molecule has 1 aromatic carbocycles. The lowest BCUT2D eigenvalue weighted by atomic mass is 9.81. The van der Waals surface area contributed by atoms with Crippen molar-refractivity contribution < 1.29 is 15.0 Å². The topological polar surface area (TPSA) is 69.6 Å². The summed E-state index contributed by atoms with van der Waals surface area (Å²) < 4.78 is 0. The van der Waals surface area contributed by atoms with Crippen LogP contribution in [0.4, 0.5) is 0 Å². The summed E-state index contributed by atoms with van der Waals surface area (Å²) in [5, 5.41) is 23.0. The van der Waals surface area contributed by atoms with Crippen molar-refractivity contribution in [2.45, 2.75) is 38.1 Å². The first-order valence-corrected chi connectivity index (χ1v) is 7.58. The van der Waals surface area contributed by atoms with Gasteiger partial charge in [0.1, 0.15) is 5.78 Å². The second-order valence-electron chi connectivity index (χ2n) is 5.74. The fourth-order valence-corrected chi connectivity index (χ4v) is 3.48. The van der Waals surface area contributed by atoms with E-state index in [4.69, 9.17) is 11.6 Å². The van der Waals surface area contributed by atoms with Gasteiger partial charge in [-0.15, -0.1) is 0 Å². The van der Waals surface area contributed by atoms with Crippen LogP contribution < -0.4 is 5.32 Å². The number of hydrogen-bond donors (Lipinski definition) is 3. The van der Waals surface area contributed by atoms with Crippen molar-refractivity contribution in [1.82, 2.24) is 5.32 Å². The van der Waals surface area contributed by atoms with Crippen LogP contribution >= 0.6 is 11.6 Å². The molecule has 2 aliphatic rings. The highest BCUT2D eigenvalue weighted by atomic mass is 35.5. The number of phenolic OH excluding ortho intramolecular Hbond substituents is 2. The van der Waals surface area contributed by atoms with E-state index in [2.05, 4.69) is 5.32 Å². The molecule has 3 N–H and O–H groups in total. The second-order valence-corrected chi connectivity index (χ2v) is 6.14. The lowest BCUT2D eigenvalue weighted by Crippen LogP contribution is -2.40. The molecule has 21 heavy (non-hydrogen) atoms. The van der Waals surface area contributed by atoms with Crippen LogP contribution in [0.3, 0.4) is 0 Å². The average Bonchev–Trinajstić information content (AvgIpc) is 2.44. The predicted molar refractivity (Wildman–Crippen MR) is 80.8 cm³/mol. The van der Waals surface area contributed by atoms with Crippen molar-refractivity contribution in [1.29, 1.82) is 0 Å². The lowest BCUT2D eigenvalue weighted by Gasteiger charge is -2.33. The molecule has 0 bridgehead atoms. The molecule has 4 nitrogen and oxygen atoms in total. The number of benzene rings is 1. The number of carbonyl (C=O) groups is 1. The summed E-state index contributed by atoms with van der Waals surface area (Å²) in [6.45, 7) is 0.860. The summed E-state index contributed by atoms with van der Waals surface area (Å²) in [6.07, 6.45) is 3.60. The van der Waals surface area contributed by atoms with Gasteiger partial charge in [0.15, 0.2) is 11.5 Å². The molecule has 5 heteroatoms. The maximum Gasteiger partial charge on any atom is 0.158 e. The standard InChI is InChI=1S/C16H18ClNO3/c17-13-8-16(21)15(20)7-10(13)6-14-12-2-1-11(19)5-9(12)3-4-18-14/h7-8,14,18,20-21H,1-6H2/t14-/m1/s1. The van der Waals surface area contributed by atoms with Gasteiger partial charge < -0.3 is 15.5 Å². The summed E-state index contributed by atoms with van der Waals surface area (Å²) in [6, 6.07) is 3.04. The van der Waals surface area contributed by atoms with Crippen LogP contribution in [-0.4, -0.2) is 28.6 Å². The molecule has 1 aromatic rings. The van der Waals surface area contributed by atoms with Crippen LogP contribution in [0.25, 0.3) is 0 Å². The minimum Gasteiger partial charge on any atom is -0.504 e. The van der Waals surface area contributed by atoms with E-state index in [1.807, 2.05) is 0 Å². The maximum absolute atomic E-state index is 11.6. The van der Waals surface area contributed by atoms with Gasteiger partial charge in [0, 0.05) is 30.0 Å². The third-order valence-corrected chi connectivity index (χ3v) is 4.70. The Morgan fingerprint density at radius 3 is 2.76 bits per heavy atom. The van der Waals surface area contributed by atoms with Gasteiger partial charge in [-0.2, -0.15) is 0 Å². The molecule has 1 aliphatic carbocycles. The summed E-state index contributed by atoms with van der Waals surface area (Å²) in [7, 11) is 0. The number of rotatable bonds is 2. The number of Topliss-reactive ketones (excluding diaryl/α,β-unsaturated/α-hetero) is 1. The fourth-order valence-electron chi connectivity index (χ4n) is 3.25. The van der Waals surface area contributed by atoms with Gasteiger partial charge in [0.25, 0.3) is 0 Å². The molecule has 0 radical (unpaired) electrons. The van der Waals surface area contributed by atoms with Crippen LogP contribution in [0, 0.1) is 0 Å². The Morgan fingerprint density at radius 2 is 1.95 bits per heavy atom. The normalized spacial score (nSPS) is 22.3. The zero-order valence-corrected chi connectivity index (χ0v) is 12.4. The van der Waals surface area contributed by atoms with Gasteiger partial charge in [0.05, 0.1) is 0 Å². The third kappa shape index (κ3) is 2.92. The first kappa shape index (κ1) is 14.4. The number of carbonyl (C=O) groups excluding carboxylic acids is 1. The summed E-state index contributed by atoms with van der Waals surface area (Å²) in [5.74, 6) is -0.0311. The molecule has 0 fully saturated rings. The minimum atomic E-state index is -0.205. The first-order chi connectivity index (χ1) is 10.0. The highest BCUT2D eigenvalue weighted by Gasteiger charge is 2.28. The molecule has 0 amide bonds. The number of nitrogens with one attached hydrogen (secondary N) is 1. The maximum atomic E-state index is 11.6. The summed E-state index contributed by atoms with van der Waals surface area (Å²) >= 11 is 6.15. The molecule has 1 heterocycles. The Balaban J connectivity index is 1.86. The number of ketones is 1. The van der Waals surface area contributed by atoms with E-state index < -0.39 is 0 Å². The van der Waals surface area contributed by atoms with Gasteiger partial charge in [-0.1, -0.05) is 22.7 Å². The molecular formula is C16H18ClNO3. The van der Waals surface area contributed by atoms with Crippen molar-refractivity contribution >= 4 is 17.4 Å². The van der Waals surface area contributed by atoms with Crippen molar-refractivity contribution in [2.24, 2.45) is 0 Å². The van der Waals surface area contributed by atoms with Crippen LogP contribution in [0.15, 0.2) is 23.3 Å². The number of halogens is 1. The number of aromatic hydroxyl groups is 2. The van der Waals surface area contributed by atoms with Crippen molar-refractivity contribution in [3.05, 3.63) is 33.9 Å². The zero-order valence-electron chi connectivity index (χ0n) is 11.7. The fraction of sp³-hybridized carbons (Fsp3) is 0.438. The van der Waals surface area contributed by atoms with Gasteiger partial charge >= 0.3 is 0 Å². The van der Waals surface area contributed by atoms with Crippen LogP contribution in [0.5, 0.6) is 11.5 Å². The van der Waals surface area contributed by atoms with Crippen LogP contribution in [0.2, 0.25) is 5.02 Å². The van der Waals surface area contributed by atoms with E-state index in [9.17, 15) is 15.0 Å². The molecule has 0 spiro atoms. The molecule has 0 aromatic heterocycles. The predicted octanol–water partition coefficient (Wildman–Crippen LogP) is 2.71. The lowest BCUT2D eigenvalue weighted by molar-refractivity contribution is -0.118. The third-order valence-electron chi connectivity index (χ3n) is 4.34. The molecule has 0 unspecified atom stereocenters. The number of hydrogen-bond acceptors (Lipinski definition) is 4. The molecule has 112 valence electrons. The van der Waals surface area contributed by atoms with E-state index in [-0.39, 0.29) is 17.5 Å². The Morgan fingerprint density at radius 1 is 1.19 bits per heavy atom. The van der Waals surface area contributed by atoms with Crippen molar-refractivity contribution in [3.63, 3.8) is 0 Å². The van der Waals surface area contributed by atoms with Gasteiger partial charge in [-0.25, -0.2) is 0 Å². The monoisotopic (exact) mass is 307 g/mol. The molecule has 1 aliphatic heterocycles. The Kier molecular flexibility index (Phi) is 3.91. The van der Waals surface area contributed by atoms with Crippen molar-refractivity contribution in [3.8, 4) is 11.5 Å².